The Morgan fingerprint density at radius 1 is 1.04 bits per heavy atom. The molecule has 0 saturated heterocycles. The molecular weight excluding hydrogens is 416 g/mol. The maximum absolute atomic E-state index is 13.0. The molecular formula is C23H29BrN2O2. The van der Waals surface area contributed by atoms with Gasteiger partial charge in [0.25, 0.3) is 0 Å². The lowest BCUT2D eigenvalue weighted by Gasteiger charge is -2.30. The Hall–Kier alpha value is -2.14. The number of benzene rings is 2. The van der Waals surface area contributed by atoms with E-state index in [1.165, 1.54) is 0 Å². The van der Waals surface area contributed by atoms with Crippen LogP contribution >= 0.6 is 15.9 Å². The molecule has 0 bridgehead atoms. The van der Waals surface area contributed by atoms with Crippen LogP contribution in [0.15, 0.2) is 59.1 Å². The van der Waals surface area contributed by atoms with Crippen molar-refractivity contribution in [2.24, 2.45) is 0 Å². The number of hydrogen-bond donors (Lipinski definition) is 1. The third-order valence-electron chi connectivity index (χ3n) is 4.88. The fourth-order valence-corrected chi connectivity index (χ4v) is 3.37. The number of carbonyl (C=O) groups excluding carboxylic acids is 2. The van der Waals surface area contributed by atoms with Crippen LogP contribution in [-0.4, -0.2) is 28.8 Å². The molecule has 0 aliphatic heterocycles. The van der Waals surface area contributed by atoms with Gasteiger partial charge in [-0.1, -0.05) is 65.3 Å². The second-order valence-electron chi connectivity index (χ2n) is 7.13. The second-order valence-corrected chi connectivity index (χ2v) is 8.05. The summed E-state index contributed by atoms with van der Waals surface area (Å²) in [5, 5.41) is 2.99. The minimum Gasteiger partial charge on any atom is -0.352 e. The van der Waals surface area contributed by atoms with Crippen molar-refractivity contribution in [1.82, 2.24) is 10.2 Å². The van der Waals surface area contributed by atoms with Crippen LogP contribution in [0.1, 0.15) is 44.7 Å². The lowest BCUT2D eigenvalue weighted by molar-refractivity contribution is -0.140. The van der Waals surface area contributed by atoms with E-state index in [0.29, 0.717) is 19.4 Å². The zero-order chi connectivity index (χ0) is 20.5. The first-order valence-corrected chi connectivity index (χ1v) is 10.6. The fourth-order valence-electron chi connectivity index (χ4n) is 2.92. The molecule has 1 N–H and O–H groups in total. The molecule has 150 valence electrons. The molecule has 5 heteroatoms. The summed E-state index contributed by atoms with van der Waals surface area (Å²) in [4.78, 5) is 27.4. The van der Waals surface area contributed by atoms with Crippen molar-refractivity contribution in [3.05, 3.63) is 70.2 Å². The number of nitrogens with one attached hydrogen (secondary N) is 1. The summed E-state index contributed by atoms with van der Waals surface area (Å²) in [6.07, 6.45) is 1.89. The van der Waals surface area contributed by atoms with E-state index in [-0.39, 0.29) is 17.9 Å². The van der Waals surface area contributed by atoms with Crippen molar-refractivity contribution in [3.63, 3.8) is 0 Å². The molecule has 28 heavy (non-hydrogen) atoms. The number of carbonyl (C=O) groups is 2. The minimum absolute atomic E-state index is 0.0179. The zero-order valence-electron chi connectivity index (χ0n) is 16.8. The van der Waals surface area contributed by atoms with E-state index in [2.05, 4.69) is 21.2 Å². The van der Waals surface area contributed by atoms with Crippen molar-refractivity contribution in [1.29, 1.82) is 0 Å². The maximum Gasteiger partial charge on any atom is 0.242 e. The van der Waals surface area contributed by atoms with Gasteiger partial charge in [-0.3, -0.25) is 9.59 Å². The van der Waals surface area contributed by atoms with Gasteiger partial charge in [-0.05, 0) is 49.9 Å². The van der Waals surface area contributed by atoms with Crippen molar-refractivity contribution in [2.45, 2.75) is 58.7 Å². The summed E-state index contributed by atoms with van der Waals surface area (Å²) < 4.78 is 0.957. The lowest BCUT2D eigenvalue weighted by Crippen LogP contribution is -2.49. The van der Waals surface area contributed by atoms with Crippen LogP contribution in [0.25, 0.3) is 0 Å². The predicted octanol–water partition coefficient (Wildman–Crippen LogP) is 4.71. The number of halogens is 1. The van der Waals surface area contributed by atoms with Crippen LogP contribution in [0.3, 0.4) is 0 Å². The van der Waals surface area contributed by atoms with Gasteiger partial charge in [-0.2, -0.15) is 0 Å². The number of rotatable bonds is 9. The highest BCUT2D eigenvalue weighted by Crippen LogP contribution is 2.17. The molecule has 0 aromatic heterocycles. The highest BCUT2D eigenvalue weighted by molar-refractivity contribution is 9.10. The molecule has 2 aromatic rings. The Morgan fingerprint density at radius 2 is 1.71 bits per heavy atom. The van der Waals surface area contributed by atoms with E-state index in [4.69, 9.17) is 0 Å². The van der Waals surface area contributed by atoms with Crippen LogP contribution < -0.4 is 5.32 Å². The predicted molar refractivity (Wildman–Crippen MR) is 117 cm³/mol. The Morgan fingerprint density at radius 3 is 2.36 bits per heavy atom. The number of nitrogens with zero attached hydrogens (tertiary/aromatic N) is 1. The Bertz CT molecular complexity index is 779. The Labute approximate surface area is 176 Å². The smallest absolute Gasteiger partial charge is 0.242 e. The molecule has 2 amide bonds. The summed E-state index contributed by atoms with van der Waals surface area (Å²) in [6, 6.07) is 17.3. The third kappa shape index (κ3) is 6.79. The molecule has 4 nitrogen and oxygen atoms in total. The van der Waals surface area contributed by atoms with Gasteiger partial charge >= 0.3 is 0 Å². The molecule has 0 spiro atoms. The van der Waals surface area contributed by atoms with Crippen LogP contribution in [0, 0.1) is 0 Å². The minimum atomic E-state index is -0.531. The van der Waals surface area contributed by atoms with E-state index < -0.39 is 6.04 Å². The van der Waals surface area contributed by atoms with Gasteiger partial charge in [0.15, 0.2) is 0 Å². The first-order chi connectivity index (χ1) is 13.4. The standard InChI is InChI=1S/C23H29BrN2O2/c1-4-17(2)25-23(28)18(3)26(16-20-11-8-12-21(24)15-20)22(27)14-13-19-9-6-5-7-10-19/h5-12,15,17-18H,4,13-14,16H2,1-3H3,(H,25,28). The molecule has 0 aliphatic carbocycles. The van der Waals surface area contributed by atoms with Gasteiger partial charge in [0.05, 0.1) is 0 Å². The fraction of sp³-hybridized carbons (Fsp3) is 0.391. The van der Waals surface area contributed by atoms with Crippen LogP contribution in [0.5, 0.6) is 0 Å². The molecule has 0 fully saturated rings. The normalized spacial score (nSPS) is 12.9. The Kier molecular flexibility index (Phi) is 8.71. The van der Waals surface area contributed by atoms with Gasteiger partial charge < -0.3 is 10.2 Å². The van der Waals surface area contributed by atoms with Crippen LogP contribution in [0.2, 0.25) is 0 Å². The molecule has 2 atom stereocenters. The molecule has 2 rings (SSSR count). The summed E-state index contributed by atoms with van der Waals surface area (Å²) in [5.41, 5.74) is 2.11. The van der Waals surface area contributed by atoms with Crippen molar-refractivity contribution in [3.8, 4) is 0 Å². The van der Waals surface area contributed by atoms with Crippen LogP contribution in [0.4, 0.5) is 0 Å². The molecule has 0 radical (unpaired) electrons. The lowest BCUT2D eigenvalue weighted by atomic mass is 10.1. The van der Waals surface area contributed by atoms with E-state index in [1.54, 1.807) is 11.8 Å². The quantitative estimate of drug-likeness (QED) is 0.608. The van der Waals surface area contributed by atoms with Gasteiger partial charge in [0.1, 0.15) is 6.04 Å². The van der Waals surface area contributed by atoms with Gasteiger partial charge in [0, 0.05) is 23.5 Å². The second kappa shape index (κ2) is 11.0. The molecule has 2 aromatic carbocycles. The van der Waals surface area contributed by atoms with E-state index >= 15 is 0 Å². The third-order valence-corrected chi connectivity index (χ3v) is 5.37. The van der Waals surface area contributed by atoms with Gasteiger partial charge in [-0.15, -0.1) is 0 Å². The van der Waals surface area contributed by atoms with E-state index in [0.717, 1.165) is 22.0 Å². The maximum atomic E-state index is 13.0. The van der Waals surface area contributed by atoms with Crippen molar-refractivity contribution >= 4 is 27.7 Å². The molecule has 2 unspecified atom stereocenters. The highest BCUT2D eigenvalue weighted by atomic mass is 79.9. The summed E-state index contributed by atoms with van der Waals surface area (Å²) in [5.74, 6) is -0.131. The first kappa shape index (κ1) is 22.2. The first-order valence-electron chi connectivity index (χ1n) is 9.79. The summed E-state index contributed by atoms with van der Waals surface area (Å²) >= 11 is 3.48. The van der Waals surface area contributed by atoms with Crippen molar-refractivity contribution < 1.29 is 9.59 Å². The number of aryl methyl sites for hydroxylation is 1. The number of amides is 2. The SMILES string of the molecule is CCC(C)NC(=O)C(C)N(Cc1cccc(Br)c1)C(=O)CCc1ccccc1. The average molecular weight is 445 g/mol. The van der Waals surface area contributed by atoms with E-state index in [1.807, 2.05) is 68.4 Å². The van der Waals surface area contributed by atoms with Gasteiger partial charge in [-0.25, -0.2) is 0 Å². The van der Waals surface area contributed by atoms with Crippen LogP contribution in [-0.2, 0) is 22.6 Å². The highest BCUT2D eigenvalue weighted by Gasteiger charge is 2.26. The molecule has 0 heterocycles. The Balaban J connectivity index is 2.14. The molecule has 0 aliphatic rings. The molecule has 0 saturated carbocycles. The average Bonchev–Trinajstić information content (AvgIpc) is 2.70. The zero-order valence-corrected chi connectivity index (χ0v) is 18.4. The summed E-state index contributed by atoms with van der Waals surface area (Å²) in [7, 11) is 0. The van der Waals surface area contributed by atoms with Crippen molar-refractivity contribution in [2.75, 3.05) is 0 Å². The topological polar surface area (TPSA) is 49.4 Å². The van der Waals surface area contributed by atoms with Gasteiger partial charge in [0.2, 0.25) is 11.8 Å². The summed E-state index contributed by atoms with van der Waals surface area (Å²) in [6.45, 7) is 6.21. The largest absolute Gasteiger partial charge is 0.352 e. The van der Waals surface area contributed by atoms with E-state index in [9.17, 15) is 9.59 Å². The monoisotopic (exact) mass is 444 g/mol. The number of hydrogen-bond acceptors (Lipinski definition) is 2.